The molecule has 0 aromatic heterocycles. The minimum Gasteiger partial charge on any atom is -0.507 e. The Morgan fingerprint density at radius 1 is 0.865 bits per heavy atom. The van der Waals surface area contributed by atoms with Gasteiger partial charge < -0.3 is 20.3 Å². The van der Waals surface area contributed by atoms with E-state index in [9.17, 15) is 14.7 Å². The van der Waals surface area contributed by atoms with E-state index >= 15 is 0 Å². The topological polar surface area (TPSA) is 95.9 Å². The van der Waals surface area contributed by atoms with E-state index in [0.29, 0.717) is 18.7 Å². The molecule has 202 valence electrons. The van der Waals surface area contributed by atoms with Gasteiger partial charge in [-0.1, -0.05) is 74.6 Å². The number of amides is 1. The minimum atomic E-state index is -1.26. The molecule has 0 spiro atoms. The molecule has 1 atom stereocenters. The quantitative estimate of drug-likeness (QED) is 0.101. The third kappa shape index (κ3) is 15.4. The normalized spacial score (nSPS) is 13.0. The lowest BCUT2D eigenvalue weighted by molar-refractivity contribution is -0.127. The number of hydrogen-bond donors (Lipinski definition) is 3. The molecule has 6 heteroatoms. The van der Waals surface area contributed by atoms with Crippen molar-refractivity contribution < 1.29 is 24.5 Å². The summed E-state index contributed by atoms with van der Waals surface area (Å²) in [5.41, 5.74) is 0.0439. The standard InChI is InChI=1S/C31H43NO5/c1-3-5-6-7-8-9-10-11-12-13-14-15-16-17-18-19-20-21-24-37-29(4-2)30(34)32-26-22-23-28(33)27(25-26)31(35)36/h5-6,8-9,11-12,14-15,17-18,22-23,25,29,33H,3-4,7,10,13,16,19-21,24H2,1-2H3,(H,32,34)(H,35,36)/t29-/m0/s1. The number of hydrogen-bond acceptors (Lipinski definition) is 4. The molecule has 0 aliphatic rings. The monoisotopic (exact) mass is 509 g/mol. The fraction of sp³-hybridized carbons (Fsp3) is 0.419. The highest BCUT2D eigenvalue weighted by atomic mass is 16.5. The average Bonchev–Trinajstić information content (AvgIpc) is 2.88. The van der Waals surface area contributed by atoms with Gasteiger partial charge >= 0.3 is 5.97 Å². The molecule has 37 heavy (non-hydrogen) atoms. The maximum Gasteiger partial charge on any atom is 0.339 e. The van der Waals surface area contributed by atoms with E-state index < -0.39 is 12.1 Å². The highest BCUT2D eigenvalue weighted by Crippen LogP contribution is 2.22. The first kappa shape index (κ1) is 31.6. The number of carbonyl (C=O) groups excluding carboxylic acids is 1. The molecule has 1 aromatic rings. The van der Waals surface area contributed by atoms with Crippen LogP contribution >= 0.6 is 0 Å². The van der Waals surface area contributed by atoms with E-state index in [1.807, 2.05) is 6.92 Å². The van der Waals surface area contributed by atoms with Gasteiger partial charge in [-0.3, -0.25) is 4.79 Å². The second-order valence-electron chi connectivity index (χ2n) is 8.50. The Bertz CT molecular complexity index is 943. The maximum absolute atomic E-state index is 12.5. The molecule has 0 bridgehead atoms. The number of rotatable bonds is 19. The Balaban J connectivity index is 2.15. The summed E-state index contributed by atoms with van der Waals surface area (Å²) in [5.74, 6) is -1.94. The predicted molar refractivity (Wildman–Crippen MR) is 152 cm³/mol. The van der Waals surface area contributed by atoms with Gasteiger partial charge in [-0.2, -0.15) is 0 Å². The van der Waals surface area contributed by atoms with Crippen LogP contribution in [0.25, 0.3) is 0 Å². The summed E-state index contributed by atoms with van der Waals surface area (Å²) in [6, 6.07) is 3.93. The van der Waals surface area contributed by atoms with Crippen LogP contribution in [0.3, 0.4) is 0 Å². The number of ether oxygens (including phenoxy) is 1. The van der Waals surface area contributed by atoms with Gasteiger partial charge in [-0.25, -0.2) is 4.79 Å². The largest absolute Gasteiger partial charge is 0.507 e. The van der Waals surface area contributed by atoms with E-state index in [0.717, 1.165) is 51.4 Å². The molecular formula is C31H43NO5. The Kier molecular flexibility index (Phi) is 17.8. The van der Waals surface area contributed by atoms with E-state index in [2.05, 4.69) is 73.0 Å². The number of aromatic carboxylic acids is 1. The second kappa shape index (κ2) is 20.8. The smallest absolute Gasteiger partial charge is 0.339 e. The summed E-state index contributed by atoms with van der Waals surface area (Å²) in [4.78, 5) is 23.6. The number of phenols is 1. The molecule has 3 N–H and O–H groups in total. The van der Waals surface area contributed by atoms with Gasteiger partial charge in [0.05, 0.1) is 0 Å². The third-order valence-corrected chi connectivity index (χ3v) is 5.40. The van der Waals surface area contributed by atoms with Crippen molar-refractivity contribution in [2.24, 2.45) is 0 Å². The third-order valence-electron chi connectivity index (χ3n) is 5.40. The molecule has 0 unspecified atom stereocenters. The number of aromatic hydroxyl groups is 1. The molecule has 1 rings (SSSR count). The summed E-state index contributed by atoms with van der Waals surface area (Å²) >= 11 is 0. The predicted octanol–water partition coefficient (Wildman–Crippen LogP) is 7.75. The van der Waals surface area contributed by atoms with E-state index in [-0.39, 0.29) is 17.2 Å². The number of unbranched alkanes of at least 4 members (excludes halogenated alkanes) is 2. The van der Waals surface area contributed by atoms with Crippen molar-refractivity contribution in [2.45, 2.75) is 77.7 Å². The number of anilines is 1. The van der Waals surface area contributed by atoms with E-state index in [4.69, 9.17) is 9.84 Å². The number of nitrogens with one attached hydrogen (secondary N) is 1. The van der Waals surface area contributed by atoms with Gasteiger partial charge in [0.15, 0.2) is 0 Å². The molecule has 0 heterocycles. The van der Waals surface area contributed by atoms with Crippen LogP contribution in [-0.4, -0.2) is 34.8 Å². The first-order chi connectivity index (χ1) is 18.0. The van der Waals surface area contributed by atoms with Gasteiger partial charge in [-0.05, 0) is 76.0 Å². The first-order valence-corrected chi connectivity index (χ1v) is 13.2. The van der Waals surface area contributed by atoms with Crippen LogP contribution in [0.5, 0.6) is 5.75 Å². The van der Waals surface area contributed by atoms with Crippen LogP contribution in [0.4, 0.5) is 5.69 Å². The highest BCUT2D eigenvalue weighted by Gasteiger charge is 2.18. The van der Waals surface area contributed by atoms with Crippen molar-refractivity contribution in [1.82, 2.24) is 0 Å². The van der Waals surface area contributed by atoms with E-state index in [1.165, 1.54) is 18.2 Å². The number of benzene rings is 1. The lowest BCUT2D eigenvalue weighted by Crippen LogP contribution is -2.30. The van der Waals surface area contributed by atoms with Crippen molar-refractivity contribution in [3.8, 4) is 5.75 Å². The van der Waals surface area contributed by atoms with Gasteiger partial charge in [-0.15, -0.1) is 0 Å². The molecule has 0 aliphatic heterocycles. The van der Waals surface area contributed by atoms with Crippen LogP contribution in [-0.2, 0) is 9.53 Å². The molecule has 0 radical (unpaired) electrons. The summed E-state index contributed by atoms with van der Waals surface area (Å²) in [6.45, 7) is 4.48. The van der Waals surface area contributed by atoms with Crippen LogP contribution in [0.1, 0.15) is 82.0 Å². The second-order valence-corrected chi connectivity index (χ2v) is 8.50. The zero-order valence-corrected chi connectivity index (χ0v) is 22.3. The summed E-state index contributed by atoms with van der Waals surface area (Å²) in [6.07, 6.45) is 29.5. The molecule has 1 aromatic carbocycles. The van der Waals surface area contributed by atoms with Gasteiger partial charge in [0.2, 0.25) is 0 Å². The summed E-state index contributed by atoms with van der Waals surface area (Å²) < 4.78 is 5.73. The summed E-state index contributed by atoms with van der Waals surface area (Å²) in [7, 11) is 0. The average molecular weight is 510 g/mol. The number of carbonyl (C=O) groups is 2. The fourth-order valence-electron chi connectivity index (χ4n) is 3.35. The van der Waals surface area contributed by atoms with Gasteiger partial charge in [0.25, 0.3) is 5.91 Å². The number of carboxylic acid groups (broad SMARTS) is 1. The zero-order chi connectivity index (χ0) is 27.1. The van der Waals surface area contributed by atoms with Crippen LogP contribution in [0, 0.1) is 0 Å². The fourth-order valence-corrected chi connectivity index (χ4v) is 3.35. The van der Waals surface area contributed by atoms with Crippen LogP contribution in [0.15, 0.2) is 79.0 Å². The Hall–Kier alpha value is -3.38. The van der Waals surface area contributed by atoms with Crippen molar-refractivity contribution >= 4 is 17.6 Å². The minimum absolute atomic E-state index is 0.262. The van der Waals surface area contributed by atoms with Crippen molar-refractivity contribution in [1.29, 1.82) is 0 Å². The number of carboxylic acids is 1. The highest BCUT2D eigenvalue weighted by molar-refractivity contribution is 5.97. The Morgan fingerprint density at radius 2 is 1.43 bits per heavy atom. The van der Waals surface area contributed by atoms with E-state index in [1.54, 1.807) is 0 Å². The Morgan fingerprint density at radius 3 is 1.97 bits per heavy atom. The van der Waals surface area contributed by atoms with Crippen molar-refractivity contribution in [3.63, 3.8) is 0 Å². The Labute approximate surface area is 222 Å². The lowest BCUT2D eigenvalue weighted by Gasteiger charge is -2.16. The molecule has 0 saturated heterocycles. The molecule has 1 amide bonds. The molecular weight excluding hydrogens is 466 g/mol. The molecule has 0 aliphatic carbocycles. The van der Waals surface area contributed by atoms with Crippen molar-refractivity contribution in [3.05, 3.63) is 84.5 Å². The summed E-state index contributed by atoms with van der Waals surface area (Å²) in [5, 5.41) is 21.3. The van der Waals surface area contributed by atoms with Crippen LogP contribution < -0.4 is 5.32 Å². The van der Waals surface area contributed by atoms with Crippen molar-refractivity contribution in [2.75, 3.05) is 11.9 Å². The zero-order valence-electron chi connectivity index (χ0n) is 22.3. The molecule has 6 nitrogen and oxygen atoms in total. The molecule has 0 fully saturated rings. The SMILES string of the molecule is CCC=CCC=CCC=CCC=CCC=CCCCCO[C@@H](CC)C(=O)Nc1ccc(O)c(C(=O)O)c1. The maximum atomic E-state index is 12.5. The molecule has 0 saturated carbocycles. The van der Waals surface area contributed by atoms with Gasteiger partial charge in [0, 0.05) is 12.3 Å². The first-order valence-electron chi connectivity index (χ1n) is 13.2. The number of allylic oxidation sites excluding steroid dienone is 10. The van der Waals surface area contributed by atoms with Gasteiger partial charge in [0.1, 0.15) is 17.4 Å². The van der Waals surface area contributed by atoms with Crippen LogP contribution in [0.2, 0.25) is 0 Å². The lowest BCUT2D eigenvalue weighted by atomic mass is 10.1.